The summed E-state index contributed by atoms with van der Waals surface area (Å²) in [7, 11) is 0. The van der Waals surface area contributed by atoms with Gasteiger partial charge in [-0.25, -0.2) is 15.0 Å². The molecular formula is C28H27BrF9N5. The number of hydrogen-bond donors (Lipinski definition) is 0. The van der Waals surface area contributed by atoms with Crippen LogP contribution < -0.4 is 9.80 Å². The topological polar surface area (TPSA) is 45.2 Å². The highest BCUT2D eigenvalue weighted by atomic mass is 79.9. The van der Waals surface area contributed by atoms with E-state index in [0.29, 0.717) is 35.6 Å². The SMILES string of the molecule is CCN(CC1CCCC1)c1ncc(C(F)(F)F)cc1CN(Cc1cc(C(F)(F)F)cc(C(F)(F)F)c1)c1ncc(Br)cn1. The molecule has 1 aliphatic rings. The summed E-state index contributed by atoms with van der Waals surface area (Å²) in [5.74, 6) is 0.439. The van der Waals surface area contributed by atoms with Crippen molar-refractivity contribution in [1.29, 1.82) is 0 Å². The lowest BCUT2D eigenvalue weighted by Crippen LogP contribution is -2.32. The lowest BCUT2D eigenvalue weighted by molar-refractivity contribution is -0.143. The molecule has 0 N–H and O–H groups in total. The molecule has 0 amide bonds. The number of pyridine rings is 1. The van der Waals surface area contributed by atoms with Gasteiger partial charge in [0.05, 0.1) is 21.2 Å². The summed E-state index contributed by atoms with van der Waals surface area (Å²) in [4.78, 5) is 15.5. The van der Waals surface area contributed by atoms with Crippen LogP contribution in [0.1, 0.15) is 60.4 Å². The molecule has 2 aromatic heterocycles. The third-order valence-electron chi connectivity index (χ3n) is 7.18. The smallest absolute Gasteiger partial charge is 0.356 e. The highest BCUT2D eigenvalue weighted by molar-refractivity contribution is 9.10. The van der Waals surface area contributed by atoms with Gasteiger partial charge in [-0.15, -0.1) is 0 Å². The Kier molecular flexibility index (Phi) is 9.82. The first-order chi connectivity index (χ1) is 20.0. The van der Waals surface area contributed by atoms with E-state index in [0.717, 1.165) is 37.9 Å². The zero-order chi connectivity index (χ0) is 31.6. The van der Waals surface area contributed by atoms with E-state index >= 15 is 0 Å². The number of nitrogens with zero attached hydrogens (tertiary/aromatic N) is 5. The van der Waals surface area contributed by atoms with Crippen LogP contribution in [-0.2, 0) is 31.6 Å². The van der Waals surface area contributed by atoms with Gasteiger partial charge < -0.3 is 9.80 Å². The fraction of sp³-hybridized carbons (Fsp3) is 0.464. The summed E-state index contributed by atoms with van der Waals surface area (Å²) in [6.07, 6.45) is -7.54. The Balaban J connectivity index is 1.81. The standard InChI is InChI=1S/C28H27BrF9N5/c1-2-42(14-17-5-3-4-6-17)24-19(9-22(11-39-24)28(36,37)38)16-43(25-40-12-23(29)13-41-25)15-18-7-20(26(30,31)32)10-21(8-18)27(33,34)35/h7-13,17H,2-6,14-16H2,1H3. The molecule has 0 radical (unpaired) electrons. The van der Waals surface area contributed by atoms with Gasteiger partial charge in [0, 0.05) is 50.3 Å². The van der Waals surface area contributed by atoms with Gasteiger partial charge in [0.15, 0.2) is 0 Å². The van der Waals surface area contributed by atoms with Crippen LogP contribution in [-0.4, -0.2) is 28.0 Å². The summed E-state index contributed by atoms with van der Waals surface area (Å²) >= 11 is 3.17. The predicted octanol–water partition coefficient (Wildman–Crippen LogP) is 8.91. The number of rotatable bonds is 9. The van der Waals surface area contributed by atoms with E-state index < -0.39 is 41.8 Å². The summed E-state index contributed by atoms with van der Waals surface area (Å²) in [5.41, 5.74) is -4.37. The molecule has 1 fully saturated rings. The number of alkyl halides is 9. The van der Waals surface area contributed by atoms with Crippen LogP contribution in [0, 0.1) is 5.92 Å². The third-order valence-corrected chi connectivity index (χ3v) is 7.59. The highest BCUT2D eigenvalue weighted by Crippen LogP contribution is 2.38. The Hall–Kier alpha value is -3.10. The summed E-state index contributed by atoms with van der Waals surface area (Å²) in [5, 5.41) is 0. The monoisotopic (exact) mass is 683 g/mol. The maximum atomic E-state index is 13.8. The van der Waals surface area contributed by atoms with Crippen molar-refractivity contribution in [3.63, 3.8) is 0 Å². The van der Waals surface area contributed by atoms with Crippen molar-refractivity contribution in [3.8, 4) is 0 Å². The molecular weight excluding hydrogens is 657 g/mol. The van der Waals surface area contributed by atoms with Crippen molar-refractivity contribution in [1.82, 2.24) is 15.0 Å². The van der Waals surface area contributed by atoms with Gasteiger partial charge in [-0.2, -0.15) is 39.5 Å². The minimum absolute atomic E-state index is 0.0148. The number of benzene rings is 1. The maximum absolute atomic E-state index is 13.8. The average molecular weight is 684 g/mol. The summed E-state index contributed by atoms with van der Waals surface area (Å²) in [6.45, 7) is 1.83. The molecule has 1 saturated carbocycles. The second-order valence-electron chi connectivity index (χ2n) is 10.4. The minimum Gasteiger partial charge on any atom is -0.356 e. The zero-order valence-electron chi connectivity index (χ0n) is 22.8. The highest BCUT2D eigenvalue weighted by Gasteiger charge is 2.37. The summed E-state index contributed by atoms with van der Waals surface area (Å²) in [6, 6.07) is 2.06. The second kappa shape index (κ2) is 12.9. The predicted molar refractivity (Wildman–Crippen MR) is 145 cm³/mol. The zero-order valence-corrected chi connectivity index (χ0v) is 24.4. The molecule has 0 unspecified atom stereocenters. The van der Waals surface area contributed by atoms with Gasteiger partial charge in [0.1, 0.15) is 5.82 Å². The van der Waals surface area contributed by atoms with Crippen LogP contribution in [0.2, 0.25) is 0 Å². The van der Waals surface area contributed by atoms with E-state index in [1.54, 1.807) is 0 Å². The molecule has 234 valence electrons. The molecule has 3 aromatic rings. The first-order valence-electron chi connectivity index (χ1n) is 13.4. The third kappa shape index (κ3) is 8.51. The fourth-order valence-corrected chi connectivity index (χ4v) is 5.34. The summed E-state index contributed by atoms with van der Waals surface area (Å²) < 4.78 is 123. The van der Waals surface area contributed by atoms with E-state index in [-0.39, 0.29) is 35.5 Å². The number of halogens is 10. The molecule has 43 heavy (non-hydrogen) atoms. The minimum atomic E-state index is -5.07. The second-order valence-corrected chi connectivity index (χ2v) is 11.3. The molecule has 15 heteroatoms. The Morgan fingerprint density at radius 2 is 1.28 bits per heavy atom. The van der Waals surface area contributed by atoms with Crippen molar-refractivity contribution in [2.75, 3.05) is 22.9 Å². The van der Waals surface area contributed by atoms with E-state index in [2.05, 4.69) is 30.9 Å². The number of anilines is 2. The van der Waals surface area contributed by atoms with Gasteiger partial charge in [-0.05, 0) is 71.4 Å². The van der Waals surface area contributed by atoms with Crippen LogP contribution in [0.25, 0.3) is 0 Å². The van der Waals surface area contributed by atoms with E-state index in [1.165, 1.54) is 17.3 Å². The van der Waals surface area contributed by atoms with Gasteiger partial charge in [0.25, 0.3) is 0 Å². The molecule has 4 rings (SSSR count). The number of aromatic nitrogens is 3. The molecule has 0 spiro atoms. The lowest BCUT2D eigenvalue weighted by atomic mass is 10.0. The molecule has 1 aliphatic carbocycles. The van der Waals surface area contributed by atoms with E-state index in [1.807, 2.05) is 11.8 Å². The largest absolute Gasteiger partial charge is 0.417 e. The average Bonchev–Trinajstić information content (AvgIpc) is 3.43. The molecule has 5 nitrogen and oxygen atoms in total. The Bertz CT molecular complexity index is 1350. The van der Waals surface area contributed by atoms with Gasteiger partial charge in [0.2, 0.25) is 5.95 Å². The van der Waals surface area contributed by atoms with Crippen molar-refractivity contribution in [3.05, 3.63) is 75.1 Å². The van der Waals surface area contributed by atoms with E-state index in [9.17, 15) is 39.5 Å². The normalized spacial score (nSPS) is 14.8. The number of hydrogen-bond acceptors (Lipinski definition) is 5. The molecule has 0 bridgehead atoms. The first kappa shape index (κ1) is 32.8. The lowest BCUT2D eigenvalue weighted by Gasteiger charge is -2.30. The van der Waals surface area contributed by atoms with Crippen molar-refractivity contribution in [2.45, 2.75) is 64.2 Å². The van der Waals surface area contributed by atoms with E-state index in [4.69, 9.17) is 0 Å². The molecule has 2 heterocycles. The quantitative estimate of drug-likeness (QED) is 0.211. The molecule has 1 aromatic carbocycles. The first-order valence-corrected chi connectivity index (χ1v) is 14.2. The fourth-order valence-electron chi connectivity index (χ4n) is 5.13. The Morgan fingerprint density at radius 1 is 0.721 bits per heavy atom. The van der Waals surface area contributed by atoms with Crippen LogP contribution in [0.3, 0.4) is 0 Å². The van der Waals surface area contributed by atoms with Crippen molar-refractivity contribution in [2.24, 2.45) is 5.92 Å². The van der Waals surface area contributed by atoms with Crippen LogP contribution >= 0.6 is 15.9 Å². The van der Waals surface area contributed by atoms with Crippen LogP contribution in [0.15, 0.2) is 47.3 Å². The Morgan fingerprint density at radius 3 is 1.79 bits per heavy atom. The maximum Gasteiger partial charge on any atom is 0.417 e. The molecule has 0 saturated heterocycles. The Labute approximate surface area is 250 Å². The van der Waals surface area contributed by atoms with Gasteiger partial charge in [-0.1, -0.05) is 12.8 Å². The van der Waals surface area contributed by atoms with Crippen LogP contribution in [0.5, 0.6) is 0 Å². The van der Waals surface area contributed by atoms with Crippen molar-refractivity contribution >= 4 is 27.7 Å². The molecule has 0 aliphatic heterocycles. The van der Waals surface area contributed by atoms with Crippen LogP contribution in [0.4, 0.5) is 51.3 Å². The molecule has 0 atom stereocenters. The van der Waals surface area contributed by atoms with Gasteiger partial charge in [-0.3, -0.25) is 0 Å². The van der Waals surface area contributed by atoms with Gasteiger partial charge >= 0.3 is 18.5 Å². The van der Waals surface area contributed by atoms with Crippen molar-refractivity contribution < 1.29 is 39.5 Å².